The summed E-state index contributed by atoms with van der Waals surface area (Å²) in [5.74, 6) is 1.04. The molecule has 2 saturated heterocycles. The van der Waals surface area contributed by atoms with Gasteiger partial charge in [-0.15, -0.1) is 11.3 Å². The molecule has 33 heavy (non-hydrogen) atoms. The highest BCUT2D eigenvalue weighted by molar-refractivity contribution is 7.14. The van der Waals surface area contributed by atoms with Crippen molar-refractivity contribution in [2.45, 2.75) is 51.0 Å². The molecule has 2 aromatic rings. The van der Waals surface area contributed by atoms with Gasteiger partial charge in [-0.25, -0.2) is 9.97 Å². The van der Waals surface area contributed by atoms with Crippen LogP contribution >= 0.6 is 11.3 Å². The van der Waals surface area contributed by atoms with Gasteiger partial charge in [0.05, 0.1) is 18.7 Å². The fourth-order valence-electron chi connectivity index (χ4n) is 4.50. The number of ether oxygens (including phenoxy) is 1. The molecule has 9 heteroatoms. The van der Waals surface area contributed by atoms with E-state index in [1.54, 1.807) is 0 Å². The van der Waals surface area contributed by atoms with Gasteiger partial charge in [-0.1, -0.05) is 13.0 Å². The van der Waals surface area contributed by atoms with Crippen molar-refractivity contribution in [2.75, 3.05) is 44.6 Å². The molecule has 2 aliphatic rings. The number of carbonyl (C=O) groups is 1. The number of likely N-dealkylation sites (tertiary alicyclic amines) is 2. The van der Waals surface area contributed by atoms with E-state index in [0.29, 0.717) is 36.4 Å². The highest BCUT2D eigenvalue weighted by Gasteiger charge is 2.26. The largest absolute Gasteiger partial charge is 0.378 e. The van der Waals surface area contributed by atoms with Crippen LogP contribution in [0.3, 0.4) is 0 Å². The number of thiazole rings is 1. The summed E-state index contributed by atoms with van der Waals surface area (Å²) in [7, 11) is 0. The summed E-state index contributed by atoms with van der Waals surface area (Å²) in [6.07, 6.45) is 5.19. The molecule has 2 aliphatic heterocycles. The molecule has 4 heterocycles. The zero-order valence-electron chi connectivity index (χ0n) is 19.2. The second kappa shape index (κ2) is 11.5. The fraction of sp³-hybridized carbons (Fsp3) is 0.583. The predicted octanol–water partition coefficient (Wildman–Crippen LogP) is 4.02. The van der Waals surface area contributed by atoms with Crippen LogP contribution in [0.15, 0.2) is 23.6 Å². The van der Waals surface area contributed by atoms with Crippen molar-refractivity contribution >= 4 is 28.2 Å². The van der Waals surface area contributed by atoms with E-state index in [9.17, 15) is 4.79 Å². The van der Waals surface area contributed by atoms with E-state index in [-0.39, 0.29) is 12.0 Å². The first-order valence-electron chi connectivity index (χ1n) is 11.9. The van der Waals surface area contributed by atoms with Crippen molar-refractivity contribution in [3.8, 4) is 6.07 Å². The van der Waals surface area contributed by atoms with Crippen molar-refractivity contribution in [1.82, 2.24) is 19.8 Å². The van der Waals surface area contributed by atoms with E-state index >= 15 is 0 Å². The van der Waals surface area contributed by atoms with Gasteiger partial charge in [0.1, 0.15) is 11.5 Å². The number of rotatable bonds is 8. The van der Waals surface area contributed by atoms with Gasteiger partial charge < -0.3 is 15.0 Å². The van der Waals surface area contributed by atoms with Crippen LogP contribution in [0.2, 0.25) is 0 Å². The van der Waals surface area contributed by atoms with E-state index < -0.39 is 0 Å². The second-order valence-electron chi connectivity index (χ2n) is 8.71. The number of anilines is 2. The molecular weight excluding hydrogens is 436 g/mol. The van der Waals surface area contributed by atoms with Gasteiger partial charge in [-0.3, -0.25) is 9.69 Å². The van der Waals surface area contributed by atoms with Crippen molar-refractivity contribution in [3.63, 3.8) is 0 Å². The molecule has 1 atom stereocenters. The molecule has 8 nitrogen and oxygen atoms in total. The molecule has 0 radical (unpaired) electrons. The molecule has 4 rings (SSSR count). The quantitative estimate of drug-likeness (QED) is 0.585. The summed E-state index contributed by atoms with van der Waals surface area (Å²) < 4.78 is 5.82. The summed E-state index contributed by atoms with van der Waals surface area (Å²) in [5, 5.41) is 14.7. The smallest absolute Gasteiger partial charge is 0.273 e. The Balaban J connectivity index is 1.34. The van der Waals surface area contributed by atoms with Crippen molar-refractivity contribution in [3.05, 3.63) is 35.0 Å². The van der Waals surface area contributed by atoms with Crippen LogP contribution in [0.4, 0.5) is 10.9 Å². The topological polar surface area (TPSA) is 94.4 Å². The SMILES string of the molecule is CCCOC1CCN(C(=O)c2csc(Nc3cccc([C@@H]4CCCN(CC#N)C4)n3)n2)CC1. The molecule has 0 aromatic carbocycles. The Labute approximate surface area is 199 Å². The third-order valence-electron chi connectivity index (χ3n) is 6.23. The number of hydrogen-bond donors (Lipinski definition) is 1. The van der Waals surface area contributed by atoms with Crippen LogP contribution in [-0.4, -0.2) is 71.1 Å². The first kappa shape index (κ1) is 23.6. The molecule has 1 N–H and O–H groups in total. The van der Waals surface area contributed by atoms with Crippen LogP contribution in [-0.2, 0) is 4.74 Å². The lowest BCUT2D eigenvalue weighted by atomic mass is 9.94. The average molecular weight is 469 g/mol. The zero-order valence-corrected chi connectivity index (χ0v) is 20.0. The Morgan fingerprint density at radius 1 is 1.27 bits per heavy atom. The number of nitriles is 1. The fourth-order valence-corrected chi connectivity index (χ4v) is 5.19. The molecular formula is C24H32N6O2S. The third kappa shape index (κ3) is 6.28. The molecule has 0 saturated carbocycles. The number of aromatic nitrogens is 2. The van der Waals surface area contributed by atoms with Gasteiger partial charge in [-0.05, 0) is 50.8 Å². The second-order valence-corrected chi connectivity index (χ2v) is 9.56. The van der Waals surface area contributed by atoms with Crippen LogP contribution < -0.4 is 5.32 Å². The van der Waals surface area contributed by atoms with E-state index in [0.717, 1.165) is 63.3 Å². The summed E-state index contributed by atoms with van der Waals surface area (Å²) in [6.45, 7) is 6.62. The third-order valence-corrected chi connectivity index (χ3v) is 6.99. The standard InChI is InChI=1S/C24H32N6O2S/c1-2-15-32-19-8-12-30(13-9-19)23(31)21-17-33-24(27-21)28-22-7-3-6-20(26-22)18-5-4-11-29(16-18)14-10-25/h3,6-7,17-19H,2,4-5,8-9,11-16H2,1H3,(H,26,27,28)/t18-/m1/s1. The molecule has 0 unspecified atom stereocenters. The summed E-state index contributed by atoms with van der Waals surface area (Å²) in [4.78, 5) is 26.3. The predicted molar refractivity (Wildman–Crippen MR) is 129 cm³/mol. The number of hydrogen-bond acceptors (Lipinski definition) is 8. The van der Waals surface area contributed by atoms with Crippen LogP contribution in [0.25, 0.3) is 0 Å². The molecule has 0 aliphatic carbocycles. The zero-order chi connectivity index (χ0) is 23.0. The number of piperidine rings is 2. The van der Waals surface area contributed by atoms with E-state index in [1.165, 1.54) is 11.3 Å². The van der Waals surface area contributed by atoms with Crippen molar-refractivity contribution in [2.24, 2.45) is 0 Å². The maximum absolute atomic E-state index is 12.9. The van der Waals surface area contributed by atoms with E-state index in [2.05, 4.69) is 34.3 Å². The summed E-state index contributed by atoms with van der Waals surface area (Å²) in [5.41, 5.74) is 1.51. The number of pyridine rings is 1. The average Bonchev–Trinajstić information content (AvgIpc) is 3.31. The van der Waals surface area contributed by atoms with Crippen LogP contribution in [0.1, 0.15) is 61.1 Å². The maximum Gasteiger partial charge on any atom is 0.273 e. The molecule has 0 bridgehead atoms. The molecule has 1 amide bonds. The molecule has 176 valence electrons. The van der Waals surface area contributed by atoms with Crippen LogP contribution in [0.5, 0.6) is 0 Å². The van der Waals surface area contributed by atoms with Gasteiger partial charge in [0.2, 0.25) is 0 Å². The lowest BCUT2D eigenvalue weighted by molar-refractivity contribution is 0.00887. The first-order chi connectivity index (χ1) is 16.2. The number of nitrogens with zero attached hydrogens (tertiary/aromatic N) is 5. The number of amides is 1. The lowest BCUT2D eigenvalue weighted by Gasteiger charge is -2.31. The van der Waals surface area contributed by atoms with E-state index in [4.69, 9.17) is 15.0 Å². The van der Waals surface area contributed by atoms with Crippen molar-refractivity contribution in [1.29, 1.82) is 5.26 Å². The number of nitrogens with one attached hydrogen (secondary N) is 1. The highest BCUT2D eigenvalue weighted by Crippen LogP contribution is 2.28. The Morgan fingerprint density at radius 3 is 2.91 bits per heavy atom. The van der Waals surface area contributed by atoms with Gasteiger partial charge >= 0.3 is 0 Å². The minimum Gasteiger partial charge on any atom is -0.378 e. The van der Waals surface area contributed by atoms with Gasteiger partial charge in [-0.2, -0.15) is 5.26 Å². The highest BCUT2D eigenvalue weighted by atomic mass is 32.1. The Hall–Kier alpha value is -2.54. The van der Waals surface area contributed by atoms with Crippen molar-refractivity contribution < 1.29 is 9.53 Å². The first-order valence-corrected chi connectivity index (χ1v) is 12.7. The molecule has 0 spiro atoms. The maximum atomic E-state index is 12.9. The lowest BCUT2D eigenvalue weighted by Crippen LogP contribution is -2.41. The molecule has 2 aromatic heterocycles. The Kier molecular flexibility index (Phi) is 8.26. The summed E-state index contributed by atoms with van der Waals surface area (Å²) in [6, 6.07) is 8.22. The van der Waals surface area contributed by atoms with Gasteiger partial charge in [0.25, 0.3) is 5.91 Å². The number of carbonyl (C=O) groups excluding carboxylic acids is 1. The normalized spacial score (nSPS) is 19.9. The van der Waals surface area contributed by atoms with Crippen LogP contribution in [0, 0.1) is 11.3 Å². The monoisotopic (exact) mass is 468 g/mol. The Bertz CT molecular complexity index is 966. The summed E-state index contributed by atoms with van der Waals surface area (Å²) >= 11 is 1.42. The molecule has 2 fully saturated rings. The minimum absolute atomic E-state index is 0.0188. The van der Waals surface area contributed by atoms with Gasteiger partial charge in [0.15, 0.2) is 5.13 Å². The van der Waals surface area contributed by atoms with Gasteiger partial charge in [0, 0.05) is 43.2 Å². The minimum atomic E-state index is -0.0188. The Morgan fingerprint density at radius 2 is 2.12 bits per heavy atom. The van der Waals surface area contributed by atoms with E-state index in [1.807, 2.05) is 22.4 Å².